The molecular weight excluding hydrogens is 510 g/mol. The number of hydrogen-bond acceptors (Lipinski definition) is 5. The van der Waals surface area contributed by atoms with Crippen molar-refractivity contribution in [3.63, 3.8) is 0 Å². The summed E-state index contributed by atoms with van der Waals surface area (Å²) in [5.74, 6) is 0.0696. The summed E-state index contributed by atoms with van der Waals surface area (Å²) >= 11 is 15.3. The van der Waals surface area contributed by atoms with E-state index in [1.165, 1.54) is 6.07 Å². The standard InChI is InChI=1S/C21H18BrCl2FN4O2/c22-13-1-4-18(17(25)9-13)26-21(30)12-5-7-29(8-6-12)11-19-27-20(28-31-19)15-3-2-14(23)10-16(15)24/h1-4,9-10,12H,5-8,11H2,(H,26,30). The first-order valence-electron chi connectivity index (χ1n) is 9.65. The molecule has 0 radical (unpaired) electrons. The zero-order valence-corrected chi connectivity index (χ0v) is 19.3. The molecule has 1 aromatic heterocycles. The van der Waals surface area contributed by atoms with Gasteiger partial charge in [-0.3, -0.25) is 9.69 Å². The summed E-state index contributed by atoms with van der Waals surface area (Å²) in [7, 11) is 0. The van der Waals surface area contributed by atoms with Gasteiger partial charge in [-0.1, -0.05) is 44.3 Å². The van der Waals surface area contributed by atoms with Gasteiger partial charge in [0, 0.05) is 21.0 Å². The summed E-state index contributed by atoms with van der Waals surface area (Å²) in [6.45, 7) is 1.87. The van der Waals surface area contributed by atoms with Crippen LogP contribution >= 0.6 is 39.1 Å². The number of nitrogens with zero attached hydrogens (tertiary/aromatic N) is 3. The Labute approximate surface area is 196 Å². The van der Waals surface area contributed by atoms with E-state index in [1.54, 1.807) is 30.3 Å². The Bertz CT molecular complexity index is 1100. The predicted molar refractivity (Wildman–Crippen MR) is 120 cm³/mol. The fourth-order valence-electron chi connectivity index (χ4n) is 3.47. The van der Waals surface area contributed by atoms with Crippen LogP contribution in [-0.2, 0) is 11.3 Å². The van der Waals surface area contributed by atoms with E-state index in [9.17, 15) is 9.18 Å². The second kappa shape index (κ2) is 9.65. The monoisotopic (exact) mass is 526 g/mol. The maximum atomic E-state index is 14.0. The van der Waals surface area contributed by atoms with Gasteiger partial charge in [-0.2, -0.15) is 4.98 Å². The second-order valence-corrected chi connectivity index (χ2v) is 9.06. The molecule has 4 rings (SSSR count). The molecule has 2 aromatic carbocycles. The van der Waals surface area contributed by atoms with Crippen molar-refractivity contribution >= 4 is 50.7 Å². The van der Waals surface area contributed by atoms with Crippen LogP contribution in [0.2, 0.25) is 10.0 Å². The predicted octanol–water partition coefficient (Wildman–Crippen LogP) is 5.80. The molecule has 0 unspecified atom stereocenters. The fraction of sp³-hybridized carbons (Fsp3) is 0.286. The Kier molecular flexibility index (Phi) is 6.91. The number of anilines is 1. The fourth-order valence-corrected chi connectivity index (χ4v) is 4.30. The first-order chi connectivity index (χ1) is 14.9. The van der Waals surface area contributed by atoms with Crippen molar-refractivity contribution in [2.75, 3.05) is 18.4 Å². The lowest BCUT2D eigenvalue weighted by Crippen LogP contribution is -2.37. The molecule has 0 saturated carbocycles. The molecule has 0 bridgehead atoms. The summed E-state index contributed by atoms with van der Waals surface area (Å²) in [6.07, 6.45) is 1.32. The number of rotatable bonds is 5. The van der Waals surface area contributed by atoms with E-state index in [4.69, 9.17) is 27.7 Å². The lowest BCUT2D eigenvalue weighted by atomic mass is 9.96. The minimum atomic E-state index is -0.465. The van der Waals surface area contributed by atoms with Gasteiger partial charge in [-0.05, 0) is 62.3 Å². The van der Waals surface area contributed by atoms with Gasteiger partial charge in [0.25, 0.3) is 0 Å². The molecule has 1 N–H and O–H groups in total. The maximum absolute atomic E-state index is 14.0. The third-order valence-corrected chi connectivity index (χ3v) is 6.19. The summed E-state index contributed by atoms with van der Waals surface area (Å²) in [6, 6.07) is 9.66. The Morgan fingerprint density at radius 1 is 1.23 bits per heavy atom. The van der Waals surface area contributed by atoms with Gasteiger partial charge in [-0.25, -0.2) is 4.39 Å². The Morgan fingerprint density at radius 3 is 2.71 bits per heavy atom. The number of aromatic nitrogens is 2. The highest BCUT2D eigenvalue weighted by Gasteiger charge is 2.26. The van der Waals surface area contributed by atoms with Crippen LogP contribution < -0.4 is 5.32 Å². The van der Waals surface area contributed by atoms with E-state index in [2.05, 4.69) is 36.3 Å². The molecule has 2 heterocycles. The number of nitrogens with one attached hydrogen (secondary N) is 1. The molecule has 3 aromatic rings. The molecular formula is C21H18BrCl2FN4O2. The van der Waals surface area contributed by atoms with Gasteiger partial charge >= 0.3 is 0 Å². The SMILES string of the molecule is O=C(Nc1ccc(Br)cc1F)C1CCN(Cc2nc(-c3ccc(Cl)cc3Cl)no2)CC1. The molecule has 6 nitrogen and oxygen atoms in total. The summed E-state index contributed by atoms with van der Waals surface area (Å²) in [5, 5.41) is 7.68. The Hall–Kier alpha value is -2.00. The van der Waals surface area contributed by atoms with Crippen LogP contribution in [-0.4, -0.2) is 34.0 Å². The molecule has 10 heteroatoms. The van der Waals surface area contributed by atoms with E-state index in [0.717, 1.165) is 0 Å². The lowest BCUT2D eigenvalue weighted by Gasteiger charge is -2.30. The van der Waals surface area contributed by atoms with E-state index in [-0.39, 0.29) is 17.5 Å². The Balaban J connectivity index is 1.31. The van der Waals surface area contributed by atoms with Gasteiger partial charge in [0.1, 0.15) is 5.82 Å². The summed E-state index contributed by atoms with van der Waals surface area (Å²) in [4.78, 5) is 19.1. The average molecular weight is 528 g/mol. The van der Waals surface area contributed by atoms with Crippen molar-refractivity contribution < 1.29 is 13.7 Å². The average Bonchev–Trinajstić information content (AvgIpc) is 3.18. The molecule has 1 fully saturated rings. The van der Waals surface area contributed by atoms with E-state index in [1.807, 2.05) is 0 Å². The van der Waals surface area contributed by atoms with Crippen molar-refractivity contribution in [3.05, 3.63) is 62.6 Å². The van der Waals surface area contributed by atoms with Crippen LogP contribution in [0.1, 0.15) is 18.7 Å². The maximum Gasteiger partial charge on any atom is 0.241 e. The molecule has 31 heavy (non-hydrogen) atoms. The van der Waals surface area contributed by atoms with Crippen LogP contribution in [0, 0.1) is 11.7 Å². The van der Waals surface area contributed by atoms with Crippen LogP contribution in [0.5, 0.6) is 0 Å². The lowest BCUT2D eigenvalue weighted by molar-refractivity contribution is -0.121. The van der Waals surface area contributed by atoms with Gasteiger partial charge in [0.15, 0.2) is 0 Å². The first-order valence-corrected chi connectivity index (χ1v) is 11.2. The zero-order valence-electron chi connectivity index (χ0n) is 16.2. The van der Waals surface area contributed by atoms with Gasteiger partial charge in [0.2, 0.25) is 17.6 Å². The molecule has 0 atom stereocenters. The number of halogens is 4. The van der Waals surface area contributed by atoms with Crippen LogP contribution in [0.4, 0.5) is 10.1 Å². The number of benzene rings is 2. The van der Waals surface area contributed by atoms with E-state index >= 15 is 0 Å². The summed E-state index contributed by atoms with van der Waals surface area (Å²) in [5.41, 5.74) is 0.839. The van der Waals surface area contributed by atoms with Crippen molar-refractivity contribution in [1.29, 1.82) is 0 Å². The number of amides is 1. The minimum Gasteiger partial charge on any atom is -0.338 e. The normalized spacial score (nSPS) is 15.2. The van der Waals surface area contributed by atoms with E-state index in [0.29, 0.717) is 64.3 Å². The number of hydrogen-bond donors (Lipinski definition) is 1. The first kappa shape index (κ1) is 22.2. The molecule has 0 aliphatic carbocycles. The van der Waals surface area contributed by atoms with Crippen molar-refractivity contribution in [2.45, 2.75) is 19.4 Å². The number of carbonyl (C=O) groups is 1. The van der Waals surface area contributed by atoms with E-state index < -0.39 is 5.82 Å². The number of piperidine rings is 1. The van der Waals surface area contributed by atoms with Gasteiger partial charge < -0.3 is 9.84 Å². The third kappa shape index (κ3) is 5.44. The Morgan fingerprint density at radius 2 is 2.00 bits per heavy atom. The van der Waals surface area contributed by atoms with Gasteiger partial charge in [-0.15, -0.1) is 0 Å². The van der Waals surface area contributed by atoms with Crippen LogP contribution in [0.25, 0.3) is 11.4 Å². The number of carbonyl (C=O) groups excluding carboxylic acids is 1. The minimum absolute atomic E-state index is 0.168. The molecule has 1 amide bonds. The highest BCUT2D eigenvalue weighted by molar-refractivity contribution is 9.10. The second-order valence-electron chi connectivity index (χ2n) is 7.30. The topological polar surface area (TPSA) is 71.3 Å². The highest BCUT2D eigenvalue weighted by Crippen LogP contribution is 2.29. The third-order valence-electron chi connectivity index (χ3n) is 5.15. The zero-order chi connectivity index (χ0) is 22.0. The molecule has 1 aliphatic rings. The summed E-state index contributed by atoms with van der Waals surface area (Å²) < 4.78 is 19.9. The largest absolute Gasteiger partial charge is 0.338 e. The molecule has 1 saturated heterocycles. The number of likely N-dealkylation sites (tertiary alicyclic amines) is 1. The van der Waals surface area contributed by atoms with Crippen LogP contribution in [0.3, 0.4) is 0 Å². The van der Waals surface area contributed by atoms with Crippen molar-refractivity contribution in [3.8, 4) is 11.4 Å². The van der Waals surface area contributed by atoms with Gasteiger partial charge in [0.05, 0.1) is 17.3 Å². The van der Waals surface area contributed by atoms with Crippen LogP contribution in [0.15, 0.2) is 45.4 Å². The smallest absolute Gasteiger partial charge is 0.241 e. The van der Waals surface area contributed by atoms with Crippen molar-refractivity contribution in [2.24, 2.45) is 5.92 Å². The highest BCUT2D eigenvalue weighted by atomic mass is 79.9. The molecule has 1 aliphatic heterocycles. The molecule has 0 spiro atoms. The quantitative estimate of drug-likeness (QED) is 0.454. The van der Waals surface area contributed by atoms with Crippen molar-refractivity contribution in [1.82, 2.24) is 15.0 Å². The molecule has 162 valence electrons.